The number of benzene rings is 2. The van der Waals surface area contributed by atoms with E-state index in [-0.39, 0.29) is 16.6 Å². The van der Waals surface area contributed by atoms with E-state index in [0.29, 0.717) is 20.7 Å². The topological polar surface area (TPSA) is 97.0 Å². The molecule has 1 aliphatic rings. The Morgan fingerprint density at radius 1 is 1.11 bits per heavy atom. The SMILES string of the molecule is O=C1N/C(=N\N=C\c2ccc(Cl)cc2)S/C1=C/c1ccc(Cl)c([N+](=O)[O-])c1. The maximum absolute atomic E-state index is 12.0. The van der Waals surface area contributed by atoms with Crippen molar-refractivity contribution in [2.24, 2.45) is 10.2 Å². The van der Waals surface area contributed by atoms with E-state index in [0.717, 1.165) is 17.3 Å². The van der Waals surface area contributed by atoms with Crippen molar-refractivity contribution in [3.8, 4) is 0 Å². The molecule has 0 aromatic heterocycles. The number of nitrogens with one attached hydrogen (secondary N) is 1. The van der Waals surface area contributed by atoms with Crippen LogP contribution in [0.15, 0.2) is 57.6 Å². The number of hydrogen-bond acceptors (Lipinski definition) is 6. The van der Waals surface area contributed by atoms with Crippen molar-refractivity contribution < 1.29 is 9.72 Å². The molecule has 3 rings (SSSR count). The van der Waals surface area contributed by atoms with Crippen LogP contribution in [-0.4, -0.2) is 22.2 Å². The maximum atomic E-state index is 12.0. The molecule has 2 aromatic rings. The number of amides is 1. The summed E-state index contributed by atoms with van der Waals surface area (Å²) in [6.07, 6.45) is 3.05. The largest absolute Gasteiger partial charge is 0.299 e. The molecular weight excluding hydrogens is 411 g/mol. The first-order valence-electron chi connectivity index (χ1n) is 7.44. The van der Waals surface area contributed by atoms with Crippen molar-refractivity contribution in [1.82, 2.24) is 5.32 Å². The fraction of sp³-hybridized carbons (Fsp3) is 0. The zero-order valence-corrected chi connectivity index (χ0v) is 15.8. The number of halogens is 2. The van der Waals surface area contributed by atoms with Crippen LogP contribution in [0.3, 0.4) is 0 Å². The van der Waals surface area contributed by atoms with Crippen molar-refractivity contribution in [2.45, 2.75) is 0 Å². The summed E-state index contributed by atoms with van der Waals surface area (Å²) in [7, 11) is 0. The number of rotatable bonds is 4. The Labute approximate surface area is 167 Å². The second-order valence-corrected chi connectivity index (χ2v) is 7.11. The minimum Gasteiger partial charge on any atom is -0.299 e. The van der Waals surface area contributed by atoms with Gasteiger partial charge in [0.15, 0.2) is 5.17 Å². The van der Waals surface area contributed by atoms with E-state index in [4.69, 9.17) is 23.2 Å². The van der Waals surface area contributed by atoms with Crippen LogP contribution < -0.4 is 5.32 Å². The molecule has 7 nitrogen and oxygen atoms in total. The quantitative estimate of drug-likeness (QED) is 0.340. The lowest BCUT2D eigenvalue weighted by Crippen LogP contribution is -2.19. The number of nitro benzene ring substituents is 1. The van der Waals surface area contributed by atoms with Gasteiger partial charge < -0.3 is 0 Å². The summed E-state index contributed by atoms with van der Waals surface area (Å²) in [5, 5.41) is 22.4. The fourth-order valence-electron chi connectivity index (χ4n) is 2.08. The van der Waals surface area contributed by atoms with Gasteiger partial charge in [-0.05, 0) is 47.2 Å². The third-order valence-electron chi connectivity index (χ3n) is 3.34. The van der Waals surface area contributed by atoms with Gasteiger partial charge in [-0.3, -0.25) is 20.2 Å². The highest BCUT2D eigenvalue weighted by molar-refractivity contribution is 8.18. The second kappa shape index (κ2) is 8.34. The van der Waals surface area contributed by atoms with E-state index in [2.05, 4.69) is 15.5 Å². The molecule has 0 aliphatic carbocycles. The minimum absolute atomic E-state index is 0.0319. The molecule has 27 heavy (non-hydrogen) atoms. The number of thioether (sulfide) groups is 1. The molecular formula is C17H10Cl2N4O3S. The Morgan fingerprint density at radius 2 is 1.81 bits per heavy atom. The van der Waals surface area contributed by atoms with Gasteiger partial charge in [-0.1, -0.05) is 41.4 Å². The van der Waals surface area contributed by atoms with Crippen molar-refractivity contribution in [3.05, 3.63) is 78.7 Å². The van der Waals surface area contributed by atoms with Crippen molar-refractivity contribution in [2.75, 3.05) is 0 Å². The van der Waals surface area contributed by atoms with E-state index < -0.39 is 4.92 Å². The van der Waals surface area contributed by atoms with E-state index >= 15 is 0 Å². The van der Waals surface area contributed by atoms with Crippen LogP contribution in [0, 0.1) is 10.1 Å². The van der Waals surface area contributed by atoms with Crippen LogP contribution >= 0.6 is 35.0 Å². The zero-order valence-electron chi connectivity index (χ0n) is 13.4. The van der Waals surface area contributed by atoms with Crippen LogP contribution in [-0.2, 0) is 4.79 Å². The van der Waals surface area contributed by atoms with Gasteiger partial charge in [0, 0.05) is 11.1 Å². The molecule has 0 atom stereocenters. The Morgan fingerprint density at radius 3 is 2.52 bits per heavy atom. The highest BCUT2D eigenvalue weighted by atomic mass is 35.5. The summed E-state index contributed by atoms with van der Waals surface area (Å²) in [4.78, 5) is 22.8. The lowest BCUT2D eigenvalue weighted by Gasteiger charge is -1.98. The van der Waals surface area contributed by atoms with Crippen LogP contribution in [0.25, 0.3) is 6.08 Å². The van der Waals surface area contributed by atoms with Crippen molar-refractivity contribution in [3.63, 3.8) is 0 Å². The monoisotopic (exact) mass is 420 g/mol. The molecule has 0 bridgehead atoms. The number of amidine groups is 1. The summed E-state index contributed by atoms with van der Waals surface area (Å²) in [6, 6.07) is 11.3. The number of nitrogens with zero attached hydrogens (tertiary/aromatic N) is 3. The van der Waals surface area contributed by atoms with Gasteiger partial charge in [0.25, 0.3) is 11.6 Å². The summed E-state index contributed by atoms with van der Waals surface area (Å²) >= 11 is 12.7. The average molecular weight is 421 g/mol. The molecule has 1 fully saturated rings. The number of nitro groups is 1. The van der Waals surface area contributed by atoms with E-state index in [1.54, 1.807) is 30.3 Å². The Kier molecular flexibility index (Phi) is 5.90. The highest BCUT2D eigenvalue weighted by Crippen LogP contribution is 2.29. The molecule has 1 saturated heterocycles. The molecule has 1 amide bonds. The third-order valence-corrected chi connectivity index (χ3v) is 4.81. The van der Waals surface area contributed by atoms with Crippen molar-refractivity contribution >= 4 is 64.0 Å². The minimum atomic E-state index is -0.579. The van der Waals surface area contributed by atoms with Gasteiger partial charge in [0.1, 0.15) is 5.02 Å². The maximum Gasteiger partial charge on any atom is 0.288 e. The molecule has 0 saturated carbocycles. The normalized spacial score (nSPS) is 17.0. The van der Waals surface area contributed by atoms with Gasteiger partial charge in [-0.25, -0.2) is 0 Å². The first-order valence-corrected chi connectivity index (χ1v) is 9.01. The first-order chi connectivity index (χ1) is 12.9. The van der Waals surface area contributed by atoms with Gasteiger partial charge >= 0.3 is 0 Å². The Hall–Kier alpha value is -2.68. The highest BCUT2D eigenvalue weighted by Gasteiger charge is 2.24. The van der Waals surface area contributed by atoms with Crippen LogP contribution in [0.5, 0.6) is 0 Å². The van der Waals surface area contributed by atoms with Crippen molar-refractivity contribution in [1.29, 1.82) is 0 Å². The molecule has 1 aliphatic heterocycles. The lowest BCUT2D eigenvalue weighted by molar-refractivity contribution is -0.384. The molecule has 1 heterocycles. The first kappa shape index (κ1) is 19.1. The van der Waals surface area contributed by atoms with E-state index in [9.17, 15) is 14.9 Å². The molecule has 1 N–H and O–H groups in total. The number of hydrogen-bond donors (Lipinski definition) is 1. The Bertz CT molecular complexity index is 1000. The summed E-state index contributed by atoms with van der Waals surface area (Å²) < 4.78 is 0. The predicted octanol–water partition coefficient (Wildman–Crippen LogP) is 4.50. The zero-order chi connectivity index (χ0) is 19.4. The second-order valence-electron chi connectivity index (χ2n) is 5.23. The van der Waals surface area contributed by atoms with Crippen LogP contribution in [0.4, 0.5) is 5.69 Å². The number of carbonyl (C=O) groups excluding carboxylic acids is 1. The summed E-state index contributed by atoms with van der Waals surface area (Å²) in [6.45, 7) is 0. The predicted molar refractivity (Wildman–Crippen MR) is 108 cm³/mol. The van der Waals surface area contributed by atoms with Gasteiger partial charge in [0.05, 0.1) is 16.0 Å². The molecule has 136 valence electrons. The average Bonchev–Trinajstić information content (AvgIpc) is 2.97. The molecule has 0 spiro atoms. The van der Waals surface area contributed by atoms with Gasteiger partial charge in [-0.15, -0.1) is 5.10 Å². The van der Waals surface area contributed by atoms with Crippen LogP contribution in [0.2, 0.25) is 10.0 Å². The van der Waals surface area contributed by atoms with Gasteiger partial charge in [0.2, 0.25) is 0 Å². The summed E-state index contributed by atoms with van der Waals surface area (Å²) in [5.41, 5.74) is 1.06. The molecule has 2 aromatic carbocycles. The molecule has 0 unspecified atom stereocenters. The molecule has 10 heteroatoms. The third kappa shape index (κ3) is 4.94. The van der Waals surface area contributed by atoms with Gasteiger partial charge in [-0.2, -0.15) is 5.10 Å². The van der Waals surface area contributed by atoms with E-state index in [1.165, 1.54) is 24.4 Å². The molecule has 0 radical (unpaired) electrons. The number of carbonyl (C=O) groups is 1. The fourth-order valence-corrected chi connectivity index (χ4v) is 3.17. The standard InChI is InChI=1S/C17H10Cl2N4O3S/c18-12-4-1-10(2-5-12)9-20-22-17-21-16(24)15(27-17)8-11-3-6-13(19)14(7-11)23(25)26/h1-9H,(H,21,22,24)/b15-8+,20-9+. The Balaban J connectivity index is 1.75. The van der Waals surface area contributed by atoms with Crippen LogP contribution in [0.1, 0.15) is 11.1 Å². The lowest BCUT2D eigenvalue weighted by atomic mass is 10.2. The smallest absolute Gasteiger partial charge is 0.288 e. The summed E-state index contributed by atoms with van der Waals surface area (Å²) in [5.74, 6) is -0.363. The van der Waals surface area contributed by atoms with E-state index in [1.807, 2.05) is 0 Å².